The quantitative estimate of drug-likeness (QED) is 0.398. The summed E-state index contributed by atoms with van der Waals surface area (Å²) in [4.78, 5) is 20.4. The highest BCUT2D eigenvalue weighted by molar-refractivity contribution is 14.1. The summed E-state index contributed by atoms with van der Waals surface area (Å²) in [6.45, 7) is 0. The summed E-state index contributed by atoms with van der Waals surface area (Å²) in [5.74, 6) is -0.881. The van der Waals surface area contributed by atoms with Crippen molar-refractivity contribution in [3.8, 4) is 0 Å². The first-order valence-electron chi connectivity index (χ1n) is 4.11. The third-order valence-electron chi connectivity index (χ3n) is 1.83. The molecule has 0 fully saturated rings. The summed E-state index contributed by atoms with van der Waals surface area (Å²) in [5.41, 5.74) is 0.793. The maximum Gasteiger partial charge on any atom is 0.316 e. The van der Waals surface area contributed by atoms with Gasteiger partial charge in [0, 0.05) is 12.1 Å². The predicted octanol–water partition coefficient (Wildman–Crippen LogP) is 2.03. The normalized spacial score (nSPS) is 12.1. The predicted molar refractivity (Wildman–Crippen MR) is 62.2 cm³/mol. The lowest BCUT2D eigenvalue weighted by atomic mass is 10.1. The smallest absolute Gasteiger partial charge is 0.316 e. The summed E-state index contributed by atoms with van der Waals surface area (Å²) >= 11 is 1.82. The molecule has 0 aromatic heterocycles. The van der Waals surface area contributed by atoms with Gasteiger partial charge in [-0.1, -0.05) is 34.7 Å². The van der Waals surface area contributed by atoms with Crippen molar-refractivity contribution in [3.63, 3.8) is 0 Å². The van der Waals surface area contributed by atoms with Gasteiger partial charge in [-0.15, -0.1) is 0 Å². The average Bonchev–Trinajstić information content (AvgIpc) is 2.18. The number of rotatable bonds is 4. The molecule has 5 nitrogen and oxygen atoms in total. The van der Waals surface area contributed by atoms with Crippen LogP contribution in [0, 0.1) is 10.1 Å². The van der Waals surface area contributed by atoms with Gasteiger partial charge in [-0.3, -0.25) is 14.9 Å². The number of nitro groups is 1. The molecule has 0 bridgehead atoms. The molecule has 0 aliphatic carbocycles. The number of non-ortho nitro benzene ring substituents is 1. The molecule has 1 atom stereocenters. The Balaban J connectivity index is 2.72. The van der Waals surface area contributed by atoms with E-state index in [1.165, 1.54) is 12.1 Å². The molecule has 0 spiro atoms. The van der Waals surface area contributed by atoms with Gasteiger partial charge in [0.15, 0.2) is 0 Å². The Bertz CT molecular complexity index is 376. The fraction of sp³-hybridized carbons (Fsp3) is 0.222. The third kappa shape index (κ3) is 3.46. The summed E-state index contributed by atoms with van der Waals surface area (Å²) in [6.07, 6.45) is 0.369. The van der Waals surface area contributed by atoms with Crippen LogP contribution in [0.1, 0.15) is 5.56 Å². The number of hydrogen-bond donors (Lipinski definition) is 1. The first-order chi connectivity index (χ1) is 7.00. The number of carboxylic acid groups (broad SMARTS) is 1. The van der Waals surface area contributed by atoms with E-state index in [1.807, 2.05) is 22.6 Å². The number of aliphatic carboxylic acids is 1. The van der Waals surface area contributed by atoms with E-state index in [9.17, 15) is 14.9 Å². The molecule has 1 aromatic carbocycles. The minimum absolute atomic E-state index is 0.0130. The molecule has 0 heterocycles. The highest BCUT2D eigenvalue weighted by Gasteiger charge is 2.14. The van der Waals surface area contributed by atoms with Crippen molar-refractivity contribution in [2.75, 3.05) is 0 Å². The number of halogens is 1. The van der Waals surface area contributed by atoms with Crippen molar-refractivity contribution < 1.29 is 14.8 Å². The van der Waals surface area contributed by atoms with Crippen molar-refractivity contribution in [2.45, 2.75) is 10.3 Å². The third-order valence-corrected chi connectivity index (χ3v) is 2.80. The van der Waals surface area contributed by atoms with E-state index in [0.717, 1.165) is 5.56 Å². The number of nitro benzene ring substituents is 1. The van der Waals surface area contributed by atoms with Crippen LogP contribution in [0.15, 0.2) is 24.3 Å². The molecule has 80 valence electrons. The Morgan fingerprint density at radius 3 is 2.40 bits per heavy atom. The molecule has 15 heavy (non-hydrogen) atoms. The fourth-order valence-electron chi connectivity index (χ4n) is 1.05. The van der Waals surface area contributed by atoms with Crippen molar-refractivity contribution in [3.05, 3.63) is 39.9 Å². The van der Waals surface area contributed by atoms with E-state index in [0.29, 0.717) is 6.42 Å². The lowest BCUT2D eigenvalue weighted by molar-refractivity contribution is -0.384. The van der Waals surface area contributed by atoms with Gasteiger partial charge in [-0.2, -0.15) is 0 Å². The number of benzene rings is 1. The highest BCUT2D eigenvalue weighted by Crippen LogP contribution is 2.15. The van der Waals surface area contributed by atoms with Crippen molar-refractivity contribution in [2.24, 2.45) is 0 Å². The molecule has 1 unspecified atom stereocenters. The molecule has 0 radical (unpaired) electrons. The van der Waals surface area contributed by atoms with Crippen molar-refractivity contribution >= 4 is 34.2 Å². The van der Waals surface area contributed by atoms with Crippen LogP contribution in [0.3, 0.4) is 0 Å². The second-order valence-corrected chi connectivity index (χ2v) is 4.44. The molecular weight excluding hydrogens is 313 g/mol. The van der Waals surface area contributed by atoms with Crippen molar-refractivity contribution in [1.29, 1.82) is 0 Å². The van der Waals surface area contributed by atoms with E-state index in [-0.39, 0.29) is 5.69 Å². The molecular formula is C9H8INO4. The zero-order chi connectivity index (χ0) is 11.4. The van der Waals surface area contributed by atoms with Gasteiger partial charge in [0.25, 0.3) is 5.69 Å². The molecule has 1 rings (SSSR count). The van der Waals surface area contributed by atoms with E-state index in [4.69, 9.17) is 5.11 Å². The largest absolute Gasteiger partial charge is 0.480 e. The monoisotopic (exact) mass is 321 g/mol. The molecule has 0 saturated heterocycles. The topological polar surface area (TPSA) is 80.4 Å². The molecule has 1 aromatic rings. The van der Waals surface area contributed by atoms with Crippen LogP contribution >= 0.6 is 22.6 Å². The summed E-state index contributed by atoms with van der Waals surface area (Å²) in [7, 11) is 0. The number of hydrogen-bond acceptors (Lipinski definition) is 3. The standard InChI is InChI=1S/C9H8INO4/c10-8(9(12)13)5-6-1-3-7(4-2-6)11(14)15/h1-4,8H,5H2,(H,12,13). The first kappa shape index (κ1) is 11.9. The Kier molecular flexibility index (Phi) is 4.01. The van der Waals surface area contributed by atoms with Crippen LogP contribution in [0.5, 0.6) is 0 Å². The van der Waals surface area contributed by atoms with Gasteiger partial charge in [-0.05, 0) is 12.0 Å². The SMILES string of the molecule is O=C(O)C(I)Cc1ccc([N+](=O)[O-])cc1. The Hall–Kier alpha value is -1.18. The van der Waals surface area contributed by atoms with Gasteiger partial charge in [0.1, 0.15) is 3.92 Å². The van der Waals surface area contributed by atoms with Gasteiger partial charge in [0.2, 0.25) is 0 Å². The van der Waals surface area contributed by atoms with Crippen LogP contribution in [0.2, 0.25) is 0 Å². The Morgan fingerprint density at radius 1 is 1.47 bits per heavy atom. The van der Waals surface area contributed by atoms with Crippen LogP contribution in [-0.2, 0) is 11.2 Å². The highest BCUT2D eigenvalue weighted by atomic mass is 127. The number of alkyl halides is 1. The molecule has 0 aliphatic rings. The summed E-state index contributed by atoms with van der Waals surface area (Å²) < 4.78 is -0.510. The van der Waals surface area contributed by atoms with Gasteiger partial charge >= 0.3 is 5.97 Å². The average molecular weight is 321 g/mol. The van der Waals surface area contributed by atoms with E-state index < -0.39 is 14.8 Å². The number of nitrogens with zero attached hydrogens (tertiary/aromatic N) is 1. The minimum Gasteiger partial charge on any atom is -0.480 e. The van der Waals surface area contributed by atoms with Crippen LogP contribution in [-0.4, -0.2) is 19.9 Å². The number of carbonyl (C=O) groups is 1. The minimum atomic E-state index is -0.881. The zero-order valence-corrected chi connectivity index (χ0v) is 9.75. The van der Waals surface area contributed by atoms with E-state index >= 15 is 0 Å². The summed E-state index contributed by atoms with van der Waals surface area (Å²) in [6, 6.07) is 5.90. The summed E-state index contributed by atoms with van der Waals surface area (Å²) in [5, 5.41) is 19.0. The maximum absolute atomic E-state index is 10.6. The van der Waals surface area contributed by atoms with Crippen LogP contribution in [0.4, 0.5) is 5.69 Å². The number of carboxylic acids is 1. The van der Waals surface area contributed by atoms with Gasteiger partial charge < -0.3 is 5.11 Å². The Morgan fingerprint density at radius 2 is 2.00 bits per heavy atom. The molecule has 6 heteroatoms. The van der Waals surface area contributed by atoms with E-state index in [2.05, 4.69) is 0 Å². The van der Waals surface area contributed by atoms with Crippen LogP contribution in [0.25, 0.3) is 0 Å². The van der Waals surface area contributed by atoms with Crippen LogP contribution < -0.4 is 0 Å². The maximum atomic E-state index is 10.6. The Labute approximate surface area is 99.4 Å². The second-order valence-electron chi connectivity index (χ2n) is 2.93. The zero-order valence-electron chi connectivity index (χ0n) is 7.59. The molecule has 1 N–H and O–H groups in total. The lowest BCUT2D eigenvalue weighted by Gasteiger charge is -2.03. The van der Waals surface area contributed by atoms with E-state index in [1.54, 1.807) is 12.1 Å². The fourth-order valence-corrected chi connectivity index (χ4v) is 1.56. The molecule has 0 saturated carbocycles. The molecule has 0 aliphatic heterocycles. The van der Waals surface area contributed by atoms with Gasteiger partial charge in [-0.25, -0.2) is 0 Å². The second kappa shape index (κ2) is 5.06. The first-order valence-corrected chi connectivity index (χ1v) is 5.35. The molecule has 0 amide bonds. The van der Waals surface area contributed by atoms with Gasteiger partial charge in [0.05, 0.1) is 4.92 Å². The lowest BCUT2D eigenvalue weighted by Crippen LogP contribution is -2.15. The van der Waals surface area contributed by atoms with Crippen molar-refractivity contribution in [1.82, 2.24) is 0 Å².